The maximum atomic E-state index is 12.7. The smallest absolute Gasteiger partial charge is 0.387 e. The van der Waals surface area contributed by atoms with Gasteiger partial charge >= 0.3 is 6.61 Å². The van der Waals surface area contributed by atoms with Crippen molar-refractivity contribution in [2.45, 2.75) is 25.6 Å². The first-order valence-corrected chi connectivity index (χ1v) is 13.6. The van der Waals surface area contributed by atoms with Crippen molar-refractivity contribution in [1.29, 1.82) is 5.26 Å². The van der Waals surface area contributed by atoms with E-state index in [9.17, 15) is 29.1 Å². The van der Waals surface area contributed by atoms with E-state index in [0.717, 1.165) is 0 Å². The molecule has 43 heavy (non-hydrogen) atoms. The van der Waals surface area contributed by atoms with E-state index in [-0.39, 0.29) is 47.6 Å². The fourth-order valence-corrected chi connectivity index (χ4v) is 4.80. The molecule has 1 amide bonds. The summed E-state index contributed by atoms with van der Waals surface area (Å²) < 4.78 is 29.9. The van der Waals surface area contributed by atoms with Gasteiger partial charge in [0, 0.05) is 24.2 Å². The lowest BCUT2D eigenvalue weighted by Gasteiger charge is -2.28. The lowest BCUT2D eigenvalue weighted by Crippen LogP contribution is -2.43. The molecule has 1 aliphatic heterocycles. The molecule has 14 heteroatoms. The van der Waals surface area contributed by atoms with Crippen LogP contribution in [0, 0.1) is 17.4 Å². The molecule has 0 bridgehead atoms. The van der Waals surface area contributed by atoms with Gasteiger partial charge < -0.3 is 25.6 Å². The van der Waals surface area contributed by atoms with Crippen LogP contribution in [0.1, 0.15) is 29.3 Å². The van der Waals surface area contributed by atoms with Crippen LogP contribution < -0.4 is 15.4 Å². The molecule has 0 saturated carbocycles. The van der Waals surface area contributed by atoms with Crippen LogP contribution in [0.5, 0.6) is 11.5 Å². The molecule has 2 atom stereocenters. The predicted octanol–water partition coefficient (Wildman–Crippen LogP) is 5.46. The molecule has 1 aliphatic rings. The van der Waals surface area contributed by atoms with Gasteiger partial charge in [-0.05, 0) is 55.3 Å². The van der Waals surface area contributed by atoms with Gasteiger partial charge in [-0.25, -0.2) is 5.01 Å². The number of aromatic hydroxyl groups is 1. The highest BCUT2D eigenvalue weighted by molar-refractivity contribution is 6.42. The number of carbonyl (C=O) groups is 1. The number of nitriles is 1. The Hall–Kier alpha value is -4.44. The third-order valence-corrected chi connectivity index (χ3v) is 7.14. The molecular weight excluding hydrogens is 605 g/mol. The molecule has 2 unspecified atom stereocenters. The normalized spacial score (nSPS) is 16.3. The fourth-order valence-electron chi connectivity index (χ4n) is 4.50. The molecule has 0 radical (unpaired) electrons. The number of ether oxygens (including phenoxy) is 1. The molecule has 10 nitrogen and oxygen atoms in total. The summed E-state index contributed by atoms with van der Waals surface area (Å²) in [4.78, 5) is 16.5. The maximum absolute atomic E-state index is 12.7. The third kappa shape index (κ3) is 8.32. The molecule has 3 aromatic rings. The van der Waals surface area contributed by atoms with Crippen LogP contribution in [-0.4, -0.2) is 58.1 Å². The number of hydrazone groups is 1. The van der Waals surface area contributed by atoms with Crippen molar-refractivity contribution in [2.75, 3.05) is 18.4 Å². The van der Waals surface area contributed by atoms with Crippen LogP contribution in [0.15, 0.2) is 76.8 Å². The summed E-state index contributed by atoms with van der Waals surface area (Å²) in [6.45, 7) is -1.49. The number of alkyl halides is 2. The van der Waals surface area contributed by atoms with Crippen LogP contribution >= 0.6 is 23.2 Å². The zero-order valence-electron chi connectivity index (χ0n) is 22.6. The number of benzene rings is 3. The number of aliphatic imine (C=N–C) groups is 1. The average Bonchev–Trinajstić information content (AvgIpc) is 3.36. The van der Waals surface area contributed by atoms with E-state index >= 15 is 0 Å². The Morgan fingerprint density at radius 1 is 1.21 bits per heavy atom. The number of nitrogens with zero attached hydrogens (tertiary/aromatic N) is 4. The van der Waals surface area contributed by atoms with Gasteiger partial charge in [-0.2, -0.15) is 19.1 Å². The Morgan fingerprint density at radius 3 is 2.67 bits per heavy atom. The number of anilines is 1. The Morgan fingerprint density at radius 2 is 1.98 bits per heavy atom. The van der Waals surface area contributed by atoms with Crippen molar-refractivity contribution in [1.82, 2.24) is 10.3 Å². The van der Waals surface area contributed by atoms with Gasteiger partial charge in [-0.1, -0.05) is 47.5 Å². The summed E-state index contributed by atoms with van der Waals surface area (Å²) in [5.74, 6) is -1.33. The van der Waals surface area contributed by atoms with Gasteiger partial charge in [-0.3, -0.25) is 4.79 Å². The zero-order chi connectivity index (χ0) is 31.1. The Labute approximate surface area is 255 Å². The Bertz CT molecular complexity index is 1600. The van der Waals surface area contributed by atoms with Crippen LogP contribution in [0.25, 0.3) is 0 Å². The lowest BCUT2D eigenvalue weighted by atomic mass is 9.86. The number of hydrogen-bond donors (Lipinski definition) is 4. The highest BCUT2D eigenvalue weighted by Crippen LogP contribution is 2.31. The van der Waals surface area contributed by atoms with Crippen molar-refractivity contribution >= 4 is 46.5 Å². The van der Waals surface area contributed by atoms with E-state index < -0.39 is 24.0 Å². The predicted molar refractivity (Wildman–Crippen MR) is 159 cm³/mol. The fraction of sp³-hybridized carbons (Fsp3) is 0.241. The second-order valence-corrected chi connectivity index (χ2v) is 10.7. The minimum Gasteiger partial charge on any atom is -0.507 e. The Kier molecular flexibility index (Phi) is 10.0. The quantitative estimate of drug-likeness (QED) is 0.140. The first-order chi connectivity index (χ1) is 20.5. The van der Waals surface area contributed by atoms with Gasteiger partial charge in [0.15, 0.2) is 0 Å². The molecule has 0 fully saturated rings. The summed E-state index contributed by atoms with van der Waals surface area (Å²) in [7, 11) is 0. The van der Waals surface area contributed by atoms with Gasteiger partial charge in [0.25, 0.3) is 5.91 Å². The van der Waals surface area contributed by atoms with Gasteiger partial charge in [0.05, 0.1) is 33.5 Å². The SMILES string of the molecule is CC(O)(CNC(=O)c1ccccc1O)CC1CN(C(=NC#N)Nc2cccc(OC(F)F)c2)N=C1c1ccc(Cl)c(Cl)c1. The van der Waals surface area contributed by atoms with Crippen molar-refractivity contribution in [3.63, 3.8) is 0 Å². The summed E-state index contributed by atoms with van der Waals surface area (Å²) in [6.07, 6.45) is 1.80. The minimum absolute atomic E-state index is 0.00995. The number of amides is 1. The van der Waals surface area contributed by atoms with Crippen molar-refractivity contribution < 1.29 is 28.5 Å². The molecule has 4 N–H and O–H groups in total. The summed E-state index contributed by atoms with van der Waals surface area (Å²) in [5, 5.41) is 42.9. The molecule has 1 heterocycles. The summed E-state index contributed by atoms with van der Waals surface area (Å²) >= 11 is 12.4. The van der Waals surface area contributed by atoms with E-state index in [0.29, 0.717) is 22.0 Å². The second kappa shape index (κ2) is 13.7. The Balaban J connectivity index is 1.58. The number of hydrogen-bond acceptors (Lipinski definition) is 7. The van der Waals surface area contributed by atoms with E-state index in [1.54, 1.807) is 49.5 Å². The number of nitrogens with one attached hydrogen (secondary N) is 2. The molecular formula is C29H26Cl2F2N6O4. The van der Waals surface area contributed by atoms with Gasteiger partial charge in [0.2, 0.25) is 12.2 Å². The van der Waals surface area contributed by atoms with Crippen molar-refractivity contribution in [3.05, 3.63) is 87.9 Å². The number of para-hydroxylation sites is 1. The largest absolute Gasteiger partial charge is 0.507 e. The number of carbonyl (C=O) groups excluding carboxylic acids is 1. The van der Waals surface area contributed by atoms with Crippen LogP contribution in [0.4, 0.5) is 14.5 Å². The maximum Gasteiger partial charge on any atom is 0.387 e. The van der Waals surface area contributed by atoms with Crippen LogP contribution in [0.3, 0.4) is 0 Å². The van der Waals surface area contributed by atoms with E-state index in [4.69, 9.17) is 23.2 Å². The number of aliphatic hydroxyl groups is 1. The highest BCUT2D eigenvalue weighted by atomic mass is 35.5. The molecule has 0 aromatic heterocycles. The summed E-state index contributed by atoms with van der Waals surface area (Å²) in [5.41, 5.74) is 0.0156. The second-order valence-electron chi connectivity index (χ2n) is 9.86. The molecule has 224 valence electrons. The van der Waals surface area contributed by atoms with Crippen molar-refractivity contribution in [3.8, 4) is 17.7 Å². The highest BCUT2D eigenvalue weighted by Gasteiger charge is 2.36. The third-order valence-electron chi connectivity index (χ3n) is 6.40. The zero-order valence-corrected chi connectivity index (χ0v) is 24.2. The number of phenolic OH excluding ortho intramolecular Hbond substituents is 1. The van der Waals surface area contributed by atoms with Crippen LogP contribution in [-0.2, 0) is 0 Å². The van der Waals surface area contributed by atoms with Crippen molar-refractivity contribution in [2.24, 2.45) is 16.0 Å². The molecule has 4 rings (SSSR count). The van der Waals surface area contributed by atoms with E-state index in [2.05, 4.69) is 25.5 Å². The van der Waals surface area contributed by atoms with E-state index in [1.165, 1.54) is 35.3 Å². The molecule has 0 spiro atoms. The lowest BCUT2D eigenvalue weighted by molar-refractivity contribution is -0.0498. The minimum atomic E-state index is -3.02. The summed E-state index contributed by atoms with van der Waals surface area (Å²) in [6, 6.07) is 16.7. The standard InChI is InChI=1S/C29H26Cl2F2N6O4/c1-29(42,15-35-26(41)21-7-2-3-8-24(21)40)13-18-14-39(38-25(18)17-9-10-22(30)23(31)11-17)28(36-16-34)37-19-5-4-6-20(12-19)43-27(32)33/h2-12,18,27,40,42H,13-15H2,1H3,(H,35,41)(H,36,37). The average molecular weight is 631 g/mol. The molecule has 0 saturated heterocycles. The van der Waals surface area contributed by atoms with E-state index in [1.807, 2.05) is 0 Å². The number of rotatable bonds is 9. The first-order valence-electron chi connectivity index (χ1n) is 12.8. The molecule has 0 aliphatic carbocycles. The number of phenols is 1. The number of guanidine groups is 1. The monoisotopic (exact) mass is 630 g/mol. The molecule has 3 aromatic carbocycles. The van der Waals surface area contributed by atoms with Gasteiger partial charge in [-0.15, -0.1) is 4.99 Å². The van der Waals surface area contributed by atoms with Crippen LogP contribution in [0.2, 0.25) is 10.0 Å². The number of halogens is 4. The van der Waals surface area contributed by atoms with Gasteiger partial charge in [0.1, 0.15) is 11.5 Å². The topological polar surface area (TPSA) is 143 Å². The first kappa shape index (κ1) is 31.5.